The zero-order valence-corrected chi connectivity index (χ0v) is 8.09. The molecule has 0 aliphatic heterocycles. The second-order valence-corrected chi connectivity index (χ2v) is 3.96. The molecule has 0 bridgehead atoms. The van der Waals surface area contributed by atoms with Crippen molar-refractivity contribution in [3.63, 3.8) is 0 Å². The van der Waals surface area contributed by atoms with Gasteiger partial charge in [-0.1, -0.05) is 19.9 Å². The van der Waals surface area contributed by atoms with E-state index in [1.54, 1.807) is 0 Å². The molecule has 1 aromatic carbocycles. The lowest BCUT2D eigenvalue weighted by Gasteiger charge is -2.12. The Hall–Kier alpha value is -0.960. The first kappa shape index (κ1) is 9.59. The fourth-order valence-corrected chi connectivity index (χ4v) is 2.12. The number of rotatable bonds is 0. The standard InChI is InChI=1S/C11H12F2O/c1-5-6(2)11(14)7-3-4-8(12)10(13)9(5)7/h3-6,11,14H,1-2H3. The largest absolute Gasteiger partial charge is 0.388 e. The molecule has 0 heterocycles. The van der Waals surface area contributed by atoms with Gasteiger partial charge in [0.05, 0.1) is 6.10 Å². The van der Waals surface area contributed by atoms with E-state index in [4.69, 9.17) is 0 Å². The Labute approximate surface area is 81.4 Å². The summed E-state index contributed by atoms with van der Waals surface area (Å²) >= 11 is 0. The highest BCUT2D eigenvalue weighted by Gasteiger charge is 2.37. The van der Waals surface area contributed by atoms with Gasteiger partial charge < -0.3 is 5.11 Å². The van der Waals surface area contributed by atoms with E-state index in [1.165, 1.54) is 6.07 Å². The third-order valence-electron chi connectivity index (χ3n) is 3.23. The quantitative estimate of drug-likeness (QED) is 0.679. The Morgan fingerprint density at radius 2 is 1.86 bits per heavy atom. The van der Waals surface area contributed by atoms with Crippen LogP contribution in [0.2, 0.25) is 0 Å². The van der Waals surface area contributed by atoms with Crippen LogP contribution in [0.25, 0.3) is 0 Å². The van der Waals surface area contributed by atoms with Crippen LogP contribution in [0.5, 0.6) is 0 Å². The molecular formula is C11H12F2O. The van der Waals surface area contributed by atoms with Gasteiger partial charge in [-0.25, -0.2) is 8.78 Å². The molecule has 3 unspecified atom stereocenters. The van der Waals surface area contributed by atoms with Crippen LogP contribution < -0.4 is 0 Å². The maximum absolute atomic E-state index is 13.4. The lowest BCUT2D eigenvalue weighted by molar-refractivity contribution is 0.123. The van der Waals surface area contributed by atoms with Crippen molar-refractivity contribution in [1.29, 1.82) is 0 Å². The summed E-state index contributed by atoms with van der Waals surface area (Å²) in [7, 11) is 0. The van der Waals surface area contributed by atoms with Crippen molar-refractivity contribution in [1.82, 2.24) is 0 Å². The molecule has 1 aliphatic rings. The van der Waals surface area contributed by atoms with Gasteiger partial charge in [0, 0.05) is 0 Å². The molecule has 1 aliphatic carbocycles. The average Bonchev–Trinajstić information content (AvgIpc) is 2.38. The third-order valence-corrected chi connectivity index (χ3v) is 3.23. The molecule has 0 fully saturated rings. The first-order chi connectivity index (χ1) is 6.54. The Kier molecular flexibility index (Phi) is 2.07. The maximum atomic E-state index is 13.4. The number of aliphatic hydroxyl groups is 1. The molecule has 0 aromatic heterocycles. The molecule has 76 valence electrons. The first-order valence-electron chi connectivity index (χ1n) is 4.70. The number of benzene rings is 1. The SMILES string of the molecule is CC1c2c(ccc(F)c2F)C(O)C1C. The van der Waals surface area contributed by atoms with Crippen molar-refractivity contribution in [3.8, 4) is 0 Å². The second kappa shape index (κ2) is 3.02. The highest BCUT2D eigenvalue weighted by Crippen LogP contribution is 2.45. The van der Waals surface area contributed by atoms with Gasteiger partial charge in [-0.15, -0.1) is 0 Å². The Bertz CT molecular complexity index is 376. The average molecular weight is 198 g/mol. The van der Waals surface area contributed by atoms with Crippen LogP contribution >= 0.6 is 0 Å². The normalized spacial score (nSPS) is 30.5. The fourth-order valence-electron chi connectivity index (χ4n) is 2.12. The predicted molar refractivity (Wildman–Crippen MR) is 48.9 cm³/mol. The van der Waals surface area contributed by atoms with Gasteiger partial charge in [0.2, 0.25) is 0 Å². The van der Waals surface area contributed by atoms with Gasteiger partial charge >= 0.3 is 0 Å². The van der Waals surface area contributed by atoms with Gasteiger partial charge in [0.1, 0.15) is 0 Å². The summed E-state index contributed by atoms with van der Waals surface area (Å²) < 4.78 is 26.4. The van der Waals surface area contributed by atoms with Crippen LogP contribution in [0.1, 0.15) is 37.0 Å². The van der Waals surface area contributed by atoms with E-state index in [-0.39, 0.29) is 11.8 Å². The molecular weight excluding hydrogens is 186 g/mol. The van der Waals surface area contributed by atoms with Crippen LogP contribution in [0.3, 0.4) is 0 Å². The van der Waals surface area contributed by atoms with E-state index in [2.05, 4.69) is 0 Å². The molecule has 0 radical (unpaired) electrons. The molecule has 0 amide bonds. The summed E-state index contributed by atoms with van der Waals surface area (Å²) in [6.45, 7) is 3.65. The fraction of sp³-hybridized carbons (Fsp3) is 0.455. The number of fused-ring (bicyclic) bond motifs is 1. The summed E-state index contributed by atoms with van der Waals surface area (Å²) in [6.07, 6.45) is -0.671. The number of halogens is 2. The molecule has 0 saturated heterocycles. The number of aliphatic hydroxyl groups excluding tert-OH is 1. The summed E-state index contributed by atoms with van der Waals surface area (Å²) in [5, 5.41) is 9.75. The number of hydrogen-bond acceptors (Lipinski definition) is 1. The molecule has 3 atom stereocenters. The maximum Gasteiger partial charge on any atom is 0.162 e. The van der Waals surface area contributed by atoms with E-state index in [1.807, 2.05) is 13.8 Å². The Morgan fingerprint density at radius 1 is 1.21 bits per heavy atom. The smallest absolute Gasteiger partial charge is 0.162 e. The molecule has 14 heavy (non-hydrogen) atoms. The van der Waals surface area contributed by atoms with E-state index in [9.17, 15) is 13.9 Å². The highest BCUT2D eigenvalue weighted by atomic mass is 19.2. The third kappa shape index (κ3) is 1.08. The van der Waals surface area contributed by atoms with E-state index < -0.39 is 17.7 Å². The molecule has 1 nitrogen and oxygen atoms in total. The molecule has 1 N–H and O–H groups in total. The van der Waals surface area contributed by atoms with Crippen molar-refractivity contribution in [2.24, 2.45) is 5.92 Å². The van der Waals surface area contributed by atoms with Gasteiger partial charge in [-0.05, 0) is 29.0 Å². The van der Waals surface area contributed by atoms with E-state index >= 15 is 0 Å². The minimum atomic E-state index is -0.836. The van der Waals surface area contributed by atoms with Gasteiger partial charge in [-0.2, -0.15) is 0 Å². The van der Waals surface area contributed by atoms with Crippen LogP contribution in [0.15, 0.2) is 12.1 Å². The highest BCUT2D eigenvalue weighted by molar-refractivity contribution is 5.39. The van der Waals surface area contributed by atoms with Gasteiger partial charge in [0.25, 0.3) is 0 Å². The van der Waals surface area contributed by atoms with E-state index in [0.29, 0.717) is 11.1 Å². The predicted octanol–water partition coefficient (Wildman–Crippen LogP) is 2.75. The lowest BCUT2D eigenvalue weighted by atomic mass is 9.95. The Morgan fingerprint density at radius 3 is 2.50 bits per heavy atom. The molecule has 3 heteroatoms. The summed E-state index contributed by atoms with van der Waals surface area (Å²) in [4.78, 5) is 0. The van der Waals surface area contributed by atoms with Crippen LogP contribution in [0, 0.1) is 17.6 Å². The van der Waals surface area contributed by atoms with Crippen molar-refractivity contribution in [3.05, 3.63) is 34.9 Å². The van der Waals surface area contributed by atoms with Gasteiger partial charge in [-0.3, -0.25) is 0 Å². The molecule has 0 spiro atoms. The zero-order chi connectivity index (χ0) is 10.5. The first-order valence-corrected chi connectivity index (χ1v) is 4.70. The summed E-state index contributed by atoms with van der Waals surface area (Å²) in [5.41, 5.74) is 0.869. The van der Waals surface area contributed by atoms with Crippen molar-refractivity contribution < 1.29 is 13.9 Å². The molecule has 2 rings (SSSR count). The monoisotopic (exact) mass is 198 g/mol. The molecule has 1 aromatic rings. The zero-order valence-electron chi connectivity index (χ0n) is 8.09. The number of hydrogen-bond donors (Lipinski definition) is 1. The lowest BCUT2D eigenvalue weighted by Crippen LogP contribution is -2.04. The van der Waals surface area contributed by atoms with Crippen molar-refractivity contribution in [2.75, 3.05) is 0 Å². The second-order valence-electron chi connectivity index (χ2n) is 3.96. The van der Waals surface area contributed by atoms with Gasteiger partial charge in [0.15, 0.2) is 11.6 Å². The molecule has 0 saturated carbocycles. The van der Waals surface area contributed by atoms with E-state index in [0.717, 1.165) is 6.07 Å². The summed E-state index contributed by atoms with van der Waals surface area (Å²) in [6, 6.07) is 2.54. The minimum Gasteiger partial charge on any atom is -0.388 e. The van der Waals surface area contributed by atoms with Crippen LogP contribution in [-0.2, 0) is 0 Å². The Balaban J connectivity index is 2.64. The van der Waals surface area contributed by atoms with Crippen molar-refractivity contribution >= 4 is 0 Å². The van der Waals surface area contributed by atoms with Crippen LogP contribution in [0.4, 0.5) is 8.78 Å². The topological polar surface area (TPSA) is 20.2 Å². The summed E-state index contributed by atoms with van der Waals surface area (Å²) in [5.74, 6) is -1.83. The minimum absolute atomic E-state index is 0.0544. The van der Waals surface area contributed by atoms with Crippen molar-refractivity contribution in [2.45, 2.75) is 25.9 Å². The van der Waals surface area contributed by atoms with Crippen LogP contribution in [-0.4, -0.2) is 5.11 Å².